The average Bonchev–Trinajstić information content (AvgIpc) is 3.09. The Labute approximate surface area is 202 Å². The number of methoxy groups -OCH3 is 1. The fourth-order valence-electron chi connectivity index (χ4n) is 2.86. The summed E-state index contributed by atoms with van der Waals surface area (Å²) >= 11 is 10.6. The third-order valence-electron chi connectivity index (χ3n) is 4.54. The summed E-state index contributed by atoms with van der Waals surface area (Å²) in [6.07, 6.45) is -0.0601. The van der Waals surface area contributed by atoms with E-state index in [1.807, 2.05) is 6.92 Å². The number of amidine groups is 1. The number of halogens is 2. The minimum absolute atomic E-state index is 0.0601. The summed E-state index contributed by atoms with van der Waals surface area (Å²) in [6.45, 7) is 3.51. The van der Waals surface area contributed by atoms with Crippen LogP contribution in [0.3, 0.4) is 0 Å². The zero-order valence-electron chi connectivity index (χ0n) is 17.4. The number of anilines is 1. The normalized spacial score (nSPS) is 17.4. The highest BCUT2D eigenvalue weighted by Gasteiger charge is 2.32. The molecule has 2 amide bonds. The van der Waals surface area contributed by atoms with Crippen molar-refractivity contribution in [2.24, 2.45) is 10.2 Å². The highest BCUT2D eigenvalue weighted by atomic mass is 79.9. The van der Waals surface area contributed by atoms with E-state index in [1.165, 1.54) is 7.11 Å². The third-order valence-corrected chi connectivity index (χ3v) is 6.51. The van der Waals surface area contributed by atoms with Gasteiger partial charge in [-0.25, -0.2) is 0 Å². The van der Waals surface area contributed by atoms with Crippen LogP contribution in [0.1, 0.15) is 24.5 Å². The minimum atomic E-state index is -0.650. The summed E-state index contributed by atoms with van der Waals surface area (Å²) in [7, 11) is 1.48. The van der Waals surface area contributed by atoms with Gasteiger partial charge in [0.25, 0.3) is 0 Å². The lowest BCUT2D eigenvalue weighted by Gasteiger charge is -2.13. The summed E-state index contributed by atoms with van der Waals surface area (Å²) in [5, 5.41) is 23.7. The van der Waals surface area contributed by atoms with Crippen molar-refractivity contribution in [2.75, 3.05) is 12.4 Å². The van der Waals surface area contributed by atoms with Gasteiger partial charge in [-0.1, -0.05) is 39.3 Å². The van der Waals surface area contributed by atoms with Crippen molar-refractivity contribution >= 4 is 67.7 Å². The predicted octanol–water partition coefficient (Wildman–Crippen LogP) is 4.47. The monoisotopic (exact) mass is 538 g/mol. The Morgan fingerprint density at radius 3 is 2.84 bits per heavy atom. The van der Waals surface area contributed by atoms with Gasteiger partial charge in [0.1, 0.15) is 16.7 Å². The molecule has 0 aromatic heterocycles. The molecule has 1 aliphatic heterocycles. The quantitative estimate of drug-likeness (QED) is 0.370. The predicted molar refractivity (Wildman–Crippen MR) is 131 cm³/mol. The molecule has 0 aliphatic carbocycles. The first-order valence-electron chi connectivity index (χ1n) is 9.40. The topological polar surface area (TPSA) is 112 Å². The lowest BCUT2D eigenvalue weighted by Crippen LogP contribution is -2.28. The molecule has 1 fully saturated rings. The summed E-state index contributed by atoms with van der Waals surface area (Å²) < 4.78 is 6.05. The largest absolute Gasteiger partial charge is 0.507 e. The fraction of sp³-hybridized carbons (Fsp3) is 0.238. The number of nitrogens with zero attached hydrogens (tertiary/aromatic N) is 2. The number of thioether (sulfide) groups is 1. The van der Waals surface area contributed by atoms with Crippen molar-refractivity contribution in [3.05, 3.63) is 51.0 Å². The smallest absolute Gasteiger partial charge is 0.240 e. The number of carbonyl (C=O) groups excluding carboxylic acids is 2. The Kier molecular flexibility index (Phi) is 7.81. The van der Waals surface area contributed by atoms with Gasteiger partial charge in [0, 0.05) is 27.5 Å². The number of nitrogens with one attached hydrogen (secondary N) is 2. The van der Waals surface area contributed by atoms with Crippen LogP contribution >= 0.6 is 39.3 Å². The molecule has 32 heavy (non-hydrogen) atoms. The molecule has 1 saturated heterocycles. The van der Waals surface area contributed by atoms with Gasteiger partial charge in [0.2, 0.25) is 11.8 Å². The number of phenolic OH excluding ortho intramolecular Hbond substituents is 1. The molecular weight excluding hydrogens is 520 g/mol. The van der Waals surface area contributed by atoms with Crippen LogP contribution in [0.4, 0.5) is 5.69 Å². The molecule has 0 radical (unpaired) electrons. The van der Waals surface area contributed by atoms with Crippen LogP contribution in [0.5, 0.6) is 11.5 Å². The standard InChI is InChI=1S/C21H20BrClN4O4S/c1-10-6-15(17(31-3)8-14(10)23)24-19(29)9-18-20(30)25-21(32-18)27-26-11(2)13-7-12(22)4-5-16(13)28/h4-8,18,28H,9H2,1-3H3,(H,24,29)(H,25,27,30)/b26-11-/t18-/m1/s1. The molecule has 0 spiro atoms. The van der Waals surface area contributed by atoms with E-state index in [1.54, 1.807) is 37.3 Å². The Morgan fingerprint density at radius 2 is 2.12 bits per heavy atom. The van der Waals surface area contributed by atoms with Crippen molar-refractivity contribution < 1.29 is 19.4 Å². The first-order chi connectivity index (χ1) is 15.2. The molecule has 3 N–H and O–H groups in total. The van der Waals surface area contributed by atoms with Gasteiger partial charge in [-0.15, -0.1) is 5.10 Å². The number of rotatable bonds is 6. The number of hydrogen-bond acceptors (Lipinski definition) is 7. The maximum Gasteiger partial charge on any atom is 0.240 e. The van der Waals surface area contributed by atoms with Crippen molar-refractivity contribution in [3.8, 4) is 11.5 Å². The Hall–Kier alpha value is -2.56. The maximum absolute atomic E-state index is 12.5. The highest BCUT2D eigenvalue weighted by molar-refractivity contribution is 9.10. The molecule has 1 heterocycles. The molecule has 1 atom stereocenters. The summed E-state index contributed by atoms with van der Waals surface area (Å²) in [5.74, 6) is -0.181. The van der Waals surface area contributed by atoms with E-state index in [9.17, 15) is 14.7 Å². The van der Waals surface area contributed by atoms with Gasteiger partial charge in [-0.05, 0) is 43.7 Å². The molecule has 168 valence electrons. The second kappa shape index (κ2) is 10.4. The van der Waals surface area contributed by atoms with E-state index < -0.39 is 5.25 Å². The molecule has 0 saturated carbocycles. The number of hydrogen-bond donors (Lipinski definition) is 3. The van der Waals surface area contributed by atoms with Gasteiger partial charge < -0.3 is 20.5 Å². The van der Waals surface area contributed by atoms with E-state index in [0.717, 1.165) is 21.8 Å². The molecule has 0 unspecified atom stereocenters. The first-order valence-corrected chi connectivity index (χ1v) is 11.5. The summed E-state index contributed by atoms with van der Waals surface area (Å²) in [6, 6.07) is 8.31. The highest BCUT2D eigenvalue weighted by Crippen LogP contribution is 2.32. The summed E-state index contributed by atoms with van der Waals surface area (Å²) in [4.78, 5) is 24.8. The van der Waals surface area contributed by atoms with Crippen LogP contribution in [0.2, 0.25) is 5.02 Å². The minimum Gasteiger partial charge on any atom is -0.507 e. The molecule has 1 aliphatic rings. The number of amides is 2. The second-order valence-corrected chi connectivity index (χ2v) is 9.42. The zero-order valence-corrected chi connectivity index (χ0v) is 20.6. The van der Waals surface area contributed by atoms with Crippen molar-refractivity contribution in [1.82, 2.24) is 5.32 Å². The molecule has 0 bridgehead atoms. The first kappa shape index (κ1) is 24.1. The average molecular weight is 540 g/mol. The molecule has 3 rings (SSSR count). The van der Waals surface area contributed by atoms with E-state index >= 15 is 0 Å². The molecule has 8 nitrogen and oxygen atoms in total. The zero-order chi connectivity index (χ0) is 23.4. The SMILES string of the molecule is COc1cc(Cl)c(C)cc1NC(=O)C[C@H]1S/C(=N/N=C(/C)c2cc(Br)ccc2O)NC1=O. The van der Waals surface area contributed by atoms with Crippen LogP contribution in [0.25, 0.3) is 0 Å². The molecule has 2 aromatic carbocycles. The number of phenols is 1. The lowest BCUT2D eigenvalue weighted by atomic mass is 10.1. The molecule has 11 heteroatoms. The number of benzene rings is 2. The van der Waals surface area contributed by atoms with Crippen molar-refractivity contribution in [3.63, 3.8) is 0 Å². The van der Waals surface area contributed by atoms with Crippen LogP contribution in [-0.4, -0.2) is 40.2 Å². The van der Waals surface area contributed by atoms with Crippen LogP contribution in [0, 0.1) is 6.92 Å². The second-order valence-electron chi connectivity index (χ2n) is 6.90. The Bertz CT molecular complexity index is 1140. The maximum atomic E-state index is 12.5. The third kappa shape index (κ3) is 5.81. The van der Waals surface area contributed by atoms with Crippen LogP contribution < -0.4 is 15.4 Å². The van der Waals surface area contributed by atoms with Gasteiger partial charge in [0.15, 0.2) is 5.17 Å². The lowest BCUT2D eigenvalue weighted by molar-refractivity contribution is -0.122. The number of carbonyl (C=O) groups is 2. The number of aryl methyl sites for hydroxylation is 1. The molecule has 2 aromatic rings. The Balaban J connectivity index is 1.66. The van der Waals surface area contributed by atoms with Gasteiger partial charge in [-0.2, -0.15) is 5.10 Å². The van der Waals surface area contributed by atoms with E-state index in [4.69, 9.17) is 16.3 Å². The van der Waals surface area contributed by atoms with Gasteiger partial charge >= 0.3 is 0 Å². The number of aromatic hydroxyl groups is 1. The van der Waals surface area contributed by atoms with Crippen LogP contribution in [0.15, 0.2) is 45.0 Å². The van der Waals surface area contributed by atoms with Gasteiger partial charge in [-0.3, -0.25) is 9.59 Å². The summed E-state index contributed by atoms with van der Waals surface area (Å²) in [5.41, 5.74) is 2.25. The van der Waals surface area contributed by atoms with E-state index in [2.05, 4.69) is 36.8 Å². The van der Waals surface area contributed by atoms with Crippen molar-refractivity contribution in [2.45, 2.75) is 25.5 Å². The van der Waals surface area contributed by atoms with Gasteiger partial charge in [0.05, 0.1) is 18.5 Å². The fourth-order valence-corrected chi connectivity index (χ4v) is 4.29. The van der Waals surface area contributed by atoms with Crippen LogP contribution in [-0.2, 0) is 9.59 Å². The Morgan fingerprint density at radius 1 is 1.38 bits per heavy atom. The van der Waals surface area contributed by atoms with E-state index in [-0.39, 0.29) is 29.2 Å². The molecular formula is C21H20BrClN4O4S. The van der Waals surface area contributed by atoms with Crippen molar-refractivity contribution in [1.29, 1.82) is 0 Å². The number of ether oxygens (including phenoxy) is 1. The van der Waals surface area contributed by atoms with E-state index in [0.29, 0.717) is 27.7 Å².